The molecule has 0 unspecified atom stereocenters. The number of anilines is 1. The first kappa shape index (κ1) is 15.8. The maximum atomic E-state index is 12.3. The number of hydrogen-bond donors (Lipinski definition) is 2. The molecule has 1 aromatic heterocycles. The van der Waals surface area contributed by atoms with Crippen LogP contribution >= 0.6 is 0 Å². The largest absolute Gasteiger partial charge is 0.497 e. The van der Waals surface area contributed by atoms with Gasteiger partial charge < -0.3 is 15.2 Å². The molecular weight excluding hydrogens is 306 g/mol. The van der Waals surface area contributed by atoms with Crippen molar-refractivity contribution >= 4 is 11.6 Å². The van der Waals surface area contributed by atoms with Crippen LogP contribution in [0.3, 0.4) is 0 Å². The number of hydrogen-bond acceptors (Lipinski definition) is 4. The summed E-state index contributed by atoms with van der Waals surface area (Å²) in [6.07, 6.45) is 1.72. The quantitative estimate of drug-likeness (QED) is 0.757. The third kappa shape index (κ3) is 3.44. The van der Waals surface area contributed by atoms with Crippen LogP contribution in [0.1, 0.15) is 16.1 Å². The maximum Gasteiger partial charge on any atom is 0.276 e. The van der Waals surface area contributed by atoms with Crippen LogP contribution < -0.4 is 10.1 Å². The van der Waals surface area contributed by atoms with Crippen molar-refractivity contribution in [2.75, 3.05) is 12.4 Å². The van der Waals surface area contributed by atoms with Crippen LogP contribution in [0.5, 0.6) is 5.75 Å². The summed E-state index contributed by atoms with van der Waals surface area (Å²) in [5.74, 6) is 0.449. The number of carbonyl (C=O) groups excluding carboxylic acids is 1. The van der Waals surface area contributed by atoms with Gasteiger partial charge in [-0.3, -0.25) is 4.79 Å². The number of methoxy groups -OCH3 is 1. The molecule has 3 rings (SSSR count). The molecule has 0 aliphatic rings. The number of amides is 1. The van der Waals surface area contributed by atoms with Gasteiger partial charge in [0.1, 0.15) is 5.75 Å². The number of nitrogens with zero attached hydrogens (tertiary/aromatic N) is 2. The molecule has 0 radical (unpaired) electrons. The zero-order valence-electron chi connectivity index (χ0n) is 13.1. The number of benzene rings is 2. The van der Waals surface area contributed by atoms with Crippen molar-refractivity contribution in [1.29, 1.82) is 0 Å². The van der Waals surface area contributed by atoms with Gasteiger partial charge in [-0.2, -0.15) is 5.10 Å². The Bertz CT molecular complexity index is 841. The fraction of sp³-hybridized carbons (Fsp3) is 0.111. The molecule has 1 heterocycles. The first-order valence-electron chi connectivity index (χ1n) is 7.41. The van der Waals surface area contributed by atoms with Crippen molar-refractivity contribution in [3.63, 3.8) is 0 Å². The monoisotopic (exact) mass is 323 g/mol. The Labute approximate surface area is 139 Å². The van der Waals surface area contributed by atoms with E-state index in [1.165, 1.54) is 0 Å². The lowest BCUT2D eigenvalue weighted by Gasteiger charge is -2.05. The van der Waals surface area contributed by atoms with Crippen LogP contribution in [-0.4, -0.2) is 27.9 Å². The minimum atomic E-state index is -0.308. The summed E-state index contributed by atoms with van der Waals surface area (Å²) in [5.41, 5.74) is 2.49. The highest BCUT2D eigenvalue weighted by Gasteiger charge is 2.11. The van der Waals surface area contributed by atoms with Gasteiger partial charge in [-0.1, -0.05) is 12.1 Å². The summed E-state index contributed by atoms with van der Waals surface area (Å²) in [6.45, 7) is -0.0736. The molecular formula is C18H17N3O3. The lowest BCUT2D eigenvalue weighted by molar-refractivity contribution is 0.102. The fourth-order valence-electron chi connectivity index (χ4n) is 2.27. The molecule has 1 amide bonds. The van der Waals surface area contributed by atoms with E-state index >= 15 is 0 Å². The van der Waals surface area contributed by atoms with Crippen molar-refractivity contribution in [2.45, 2.75) is 6.61 Å². The maximum absolute atomic E-state index is 12.3. The Morgan fingerprint density at radius 1 is 1.21 bits per heavy atom. The first-order valence-corrected chi connectivity index (χ1v) is 7.41. The van der Waals surface area contributed by atoms with Crippen LogP contribution in [0, 0.1) is 0 Å². The van der Waals surface area contributed by atoms with Gasteiger partial charge in [-0.25, -0.2) is 4.68 Å². The van der Waals surface area contributed by atoms with Crippen molar-refractivity contribution in [1.82, 2.24) is 9.78 Å². The predicted octanol–water partition coefficient (Wildman–Crippen LogP) is 2.63. The molecule has 0 saturated heterocycles. The third-order valence-corrected chi connectivity index (χ3v) is 3.53. The van der Waals surface area contributed by atoms with E-state index in [0.29, 0.717) is 11.4 Å². The van der Waals surface area contributed by atoms with Gasteiger partial charge in [0.25, 0.3) is 5.91 Å². The molecule has 0 bridgehead atoms. The Balaban J connectivity index is 1.75. The molecule has 0 saturated carbocycles. The second kappa shape index (κ2) is 6.97. The van der Waals surface area contributed by atoms with E-state index in [9.17, 15) is 4.79 Å². The minimum Gasteiger partial charge on any atom is -0.497 e. The van der Waals surface area contributed by atoms with E-state index in [1.54, 1.807) is 48.3 Å². The molecule has 0 aliphatic heterocycles. The molecule has 0 fully saturated rings. The number of carbonyl (C=O) groups is 1. The lowest BCUT2D eigenvalue weighted by atomic mass is 10.2. The molecule has 24 heavy (non-hydrogen) atoms. The summed E-state index contributed by atoms with van der Waals surface area (Å²) in [4.78, 5) is 12.3. The van der Waals surface area contributed by atoms with E-state index in [0.717, 1.165) is 17.0 Å². The minimum absolute atomic E-state index is 0.0736. The first-order chi connectivity index (χ1) is 11.7. The Kier molecular flexibility index (Phi) is 4.58. The Hall–Kier alpha value is -3.12. The Morgan fingerprint density at radius 2 is 2.00 bits per heavy atom. The highest BCUT2D eigenvalue weighted by atomic mass is 16.5. The van der Waals surface area contributed by atoms with Crippen molar-refractivity contribution in [3.05, 3.63) is 72.1 Å². The van der Waals surface area contributed by atoms with E-state index in [4.69, 9.17) is 9.84 Å². The van der Waals surface area contributed by atoms with Gasteiger partial charge in [0.05, 0.1) is 19.4 Å². The standard InChI is InChI=1S/C18H17N3O3/c1-24-16-7-5-15(6-8-16)21-10-9-17(20-21)18(23)19-14-4-2-3-13(11-14)12-22/h2-11,22H,12H2,1H3,(H,19,23). The molecule has 122 valence electrons. The molecule has 6 heteroatoms. The van der Waals surface area contributed by atoms with E-state index in [-0.39, 0.29) is 12.5 Å². The van der Waals surface area contributed by atoms with Gasteiger partial charge in [0.15, 0.2) is 5.69 Å². The highest BCUT2D eigenvalue weighted by molar-refractivity contribution is 6.02. The smallest absolute Gasteiger partial charge is 0.276 e. The zero-order chi connectivity index (χ0) is 16.9. The summed E-state index contributed by atoms with van der Waals surface area (Å²) >= 11 is 0. The van der Waals surface area contributed by atoms with Crippen molar-refractivity contribution in [3.8, 4) is 11.4 Å². The predicted molar refractivity (Wildman–Crippen MR) is 90.4 cm³/mol. The van der Waals surface area contributed by atoms with Crippen LogP contribution in [0.25, 0.3) is 5.69 Å². The van der Waals surface area contributed by atoms with Gasteiger partial charge in [-0.05, 0) is 48.0 Å². The van der Waals surface area contributed by atoms with Gasteiger partial charge in [-0.15, -0.1) is 0 Å². The summed E-state index contributed by atoms with van der Waals surface area (Å²) in [5, 5.41) is 16.2. The number of aliphatic hydroxyl groups is 1. The van der Waals surface area contributed by atoms with Crippen LogP contribution in [0.4, 0.5) is 5.69 Å². The summed E-state index contributed by atoms with van der Waals surface area (Å²) in [6, 6.07) is 16.1. The van der Waals surface area contributed by atoms with E-state index in [1.807, 2.05) is 24.3 Å². The number of rotatable bonds is 5. The van der Waals surface area contributed by atoms with Crippen LogP contribution in [0.2, 0.25) is 0 Å². The van der Waals surface area contributed by atoms with Crippen LogP contribution in [-0.2, 0) is 6.61 Å². The third-order valence-electron chi connectivity index (χ3n) is 3.53. The van der Waals surface area contributed by atoms with Gasteiger partial charge >= 0.3 is 0 Å². The second-order valence-corrected chi connectivity index (χ2v) is 5.16. The molecule has 6 nitrogen and oxygen atoms in total. The summed E-state index contributed by atoms with van der Waals surface area (Å²) < 4.78 is 6.75. The molecule has 0 aliphatic carbocycles. The molecule has 3 aromatic rings. The second-order valence-electron chi connectivity index (χ2n) is 5.16. The lowest BCUT2D eigenvalue weighted by Crippen LogP contribution is -2.13. The number of nitrogens with one attached hydrogen (secondary N) is 1. The normalized spacial score (nSPS) is 10.4. The molecule has 0 atom stereocenters. The number of aromatic nitrogens is 2. The fourth-order valence-corrected chi connectivity index (χ4v) is 2.27. The number of ether oxygens (including phenoxy) is 1. The Morgan fingerprint density at radius 3 is 2.71 bits per heavy atom. The van der Waals surface area contributed by atoms with E-state index in [2.05, 4.69) is 10.4 Å². The molecule has 0 spiro atoms. The highest BCUT2D eigenvalue weighted by Crippen LogP contribution is 2.15. The van der Waals surface area contributed by atoms with Crippen molar-refractivity contribution < 1.29 is 14.6 Å². The van der Waals surface area contributed by atoms with Gasteiger partial charge in [0.2, 0.25) is 0 Å². The molecule has 2 N–H and O–H groups in total. The van der Waals surface area contributed by atoms with Crippen LogP contribution in [0.15, 0.2) is 60.8 Å². The topological polar surface area (TPSA) is 76.4 Å². The SMILES string of the molecule is COc1ccc(-n2ccc(C(=O)Nc3cccc(CO)c3)n2)cc1. The van der Waals surface area contributed by atoms with E-state index < -0.39 is 0 Å². The average Bonchev–Trinajstić information content (AvgIpc) is 3.12. The van der Waals surface area contributed by atoms with Crippen molar-refractivity contribution in [2.24, 2.45) is 0 Å². The molecule has 2 aromatic carbocycles. The van der Waals surface area contributed by atoms with Gasteiger partial charge in [0, 0.05) is 11.9 Å². The number of aliphatic hydroxyl groups excluding tert-OH is 1. The average molecular weight is 323 g/mol. The zero-order valence-corrected chi connectivity index (χ0v) is 13.1. The summed E-state index contributed by atoms with van der Waals surface area (Å²) in [7, 11) is 1.61.